The molecule has 1 heterocycles. The Morgan fingerprint density at radius 2 is 0.783 bits per heavy atom. The molecule has 1 aliphatic heterocycles. The molecule has 0 aromatic carbocycles. The van der Waals surface area contributed by atoms with Crippen molar-refractivity contribution in [2.45, 2.75) is 404 Å². The molecule has 0 bridgehead atoms. The summed E-state index contributed by atoms with van der Waals surface area (Å²) in [4.78, 5) is 26.8. The number of ether oxygens (including phenoxy) is 3. The van der Waals surface area contributed by atoms with Crippen LogP contribution in [0.1, 0.15) is 355 Å². The third kappa shape index (κ3) is 54.0. The molecule has 1 amide bonds. The van der Waals surface area contributed by atoms with Gasteiger partial charge in [0.25, 0.3) is 0 Å². The van der Waals surface area contributed by atoms with E-state index in [-0.39, 0.29) is 19.4 Å². The lowest BCUT2D eigenvalue weighted by atomic mass is 9.99. The lowest BCUT2D eigenvalue weighted by Crippen LogP contribution is -2.61. The average molecular weight is 1290 g/mol. The average Bonchev–Trinajstić information content (AvgIpc) is 0.881. The fourth-order valence-corrected chi connectivity index (χ4v) is 12.0. The lowest BCUT2D eigenvalue weighted by molar-refractivity contribution is -0.305. The van der Waals surface area contributed by atoms with Gasteiger partial charge in [0.05, 0.1) is 25.4 Å². The van der Waals surface area contributed by atoms with Crippen LogP contribution in [-0.2, 0) is 23.8 Å². The highest BCUT2D eigenvalue weighted by molar-refractivity contribution is 5.80. The standard InChI is InChI=1S/C81H145NO10/c1-4-7-10-13-16-19-22-25-27-29-31-33-35-37-39-40-42-44-46-48-50-53-56-59-62-65-68-74(85)80(89)82-72(73(84)67-64-61-58-55-52-24-21-18-15-12-9-6-3)71-90-81-79(78(88)77(87)75(70-83)91-81)92-76(86)69-66-63-60-57-54-51-49-47-45-43-41-38-36-34-32-30-28-26-23-20-17-14-11-8-5-2/h7,10,16,19,25,27,31,33,37,39,42,44,64,67,72-75,77-79,81,83-85,87-88H,4-6,8-9,11-15,17-18,20-24,26,28-30,32,34-36,38,40-41,43,45-63,65-66,68-71H2,1-3H3,(H,82,89)/b10-7-,19-16-,27-25-,33-31-,39-37-,44-42-,67-64+. The highest BCUT2D eigenvalue weighted by atomic mass is 16.7. The van der Waals surface area contributed by atoms with Crippen LogP contribution in [-0.4, -0.2) is 99.6 Å². The Bertz CT molecular complexity index is 1830. The summed E-state index contributed by atoms with van der Waals surface area (Å²) >= 11 is 0. The first-order valence-electron chi connectivity index (χ1n) is 38.9. The number of hydrogen-bond donors (Lipinski definition) is 6. The molecule has 0 aromatic heterocycles. The van der Waals surface area contributed by atoms with E-state index in [4.69, 9.17) is 14.2 Å². The van der Waals surface area contributed by atoms with Crippen molar-refractivity contribution in [3.63, 3.8) is 0 Å². The number of esters is 1. The van der Waals surface area contributed by atoms with Gasteiger partial charge in [-0.15, -0.1) is 0 Å². The molecule has 1 rings (SSSR count). The van der Waals surface area contributed by atoms with Gasteiger partial charge < -0.3 is 45.1 Å². The van der Waals surface area contributed by atoms with Crippen LogP contribution in [0.15, 0.2) is 85.1 Å². The predicted octanol–water partition coefficient (Wildman–Crippen LogP) is 20.8. The minimum absolute atomic E-state index is 0.125. The molecule has 92 heavy (non-hydrogen) atoms. The number of aliphatic hydroxyl groups excluding tert-OH is 5. The van der Waals surface area contributed by atoms with E-state index in [0.29, 0.717) is 12.8 Å². The maximum absolute atomic E-state index is 13.5. The number of carbonyl (C=O) groups is 2. The summed E-state index contributed by atoms with van der Waals surface area (Å²) in [6, 6.07) is -1.03. The normalized spacial score (nSPS) is 18.4. The van der Waals surface area contributed by atoms with Crippen molar-refractivity contribution < 1.29 is 49.3 Å². The van der Waals surface area contributed by atoms with Crippen LogP contribution in [0.3, 0.4) is 0 Å². The van der Waals surface area contributed by atoms with Crippen molar-refractivity contribution in [3.05, 3.63) is 85.1 Å². The Labute approximate surface area is 565 Å². The molecule has 11 heteroatoms. The molecule has 0 aromatic rings. The summed E-state index contributed by atoms with van der Waals surface area (Å²) < 4.78 is 17.7. The van der Waals surface area contributed by atoms with Crippen LogP contribution >= 0.6 is 0 Å². The van der Waals surface area contributed by atoms with E-state index in [9.17, 15) is 35.1 Å². The maximum atomic E-state index is 13.5. The van der Waals surface area contributed by atoms with Crippen LogP contribution in [0.4, 0.5) is 0 Å². The van der Waals surface area contributed by atoms with Gasteiger partial charge in [0, 0.05) is 6.42 Å². The van der Waals surface area contributed by atoms with Crippen molar-refractivity contribution in [1.29, 1.82) is 0 Å². The van der Waals surface area contributed by atoms with Crippen molar-refractivity contribution in [2.24, 2.45) is 0 Å². The van der Waals surface area contributed by atoms with Crippen molar-refractivity contribution in [2.75, 3.05) is 13.2 Å². The number of nitrogens with one attached hydrogen (secondary N) is 1. The second kappa shape index (κ2) is 67.8. The quantitative estimate of drug-likeness (QED) is 0.0195. The molecule has 1 saturated heterocycles. The van der Waals surface area contributed by atoms with E-state index >= 15 is 0 Å². The minimum atomic E-state index is -1.62. The summed E-state index contributed by atoms with van der Waals surface area (Å²) in [7, 11) is 0. The number of rotatable bonds is 67. The highest BCUT2D eigenvalue weighted by Crippen LogP contribution is 2.27. The molecule has 0 spiro atoms. The molecule has 0 saturated carbocycles. The summed E-state index contributed by atoms with van der Waals surface area (Å²) in [6.07, 6.45) is 80.6. The fourth-order valence-electron chi connectivity index (χ4n) is 12.0. The Morgan fingerprint density at radius 3 is 1.17 bits per heavy atom. The number of allylic oxidation sites excluding steroid dienone is 13. The molecule has 1 fully saturated rings. The van der Waals surface area contributed by atoms with Crippen molar-refractivity contribution >= 4 is 11.9 Å². The molecule has 6 N–H and O–H groups in total. The summed E-state index contributed by atoms with van der Waals surface area (Å²) in [5.74, 6) is -1.19. The molecular weight excluding hydrogens is 1150 g/mol. The zero-order valence-electron chi connectivity index (χ0n) is 59.7. The first-order valence-corrected chi connectivity index (χ1v) is 38.9. The van der Waals surface area contributed by atoms with E-state index in [1.807, 2.05) is 6.08 Å². The molecule has 8 unspecified atom stereocenters. The third-order valence-electron chi connectivity index (χ3n) is 18.1. The first-order chi connectivity index (χ1) is 45.2. The lowest BCUT2D eigenvalue weighted by Gasteiger charge is -2.41. The van der Waals surface area contributed by atoms with Crippen LogP contribution in [0, 0.1) is 0 Å². The van der Waals surface area contributed by atoms with Gasteiger partial charge >= 0.3 is 5.97 Å². The largest absolute Gasteiger partial charge is 0.454 e. The Balaban J connectivity index is 2.52. The van der Waals surface area contributed by atoms with Crippen LogP contribution in [0.2, 0.25) is 0 Å². The molecular formula is C81H145NO10. The van der Waals surface area contributed by atoms with E-state index in [1.54, 1.807) is 6.08 Å². The van der Waals surface area contributed by atoms with Crippen molar-refractivity contribution in [1.82, 2.24) is 5.32 Å². The SMILES string of the molecule is CC/C=C\C/C=C\C/C=C\C/C=C\C/C=C\C/C=C\CCCCCCCCCC(O)C(=O)NC(COC1OC(CO)C(O)C(O)C1OC(=O)CCCCCCCCCCCCCCCCCCCCCCCCCCC)C(O)/C=C/CCCCCCCCCCCC. The van der Waals surface area contributed by atoms with E-state index in [1.165, 1.54) is 193 Å². The second-order valence-corrected chi connectivity index (χ2v) is 26.7. The molecule has 0 aliphatic carbocycles. The smallest absolute Gasteiger partial charge is 0.306 e. The zero-order valence-corrected chi connectivity index (χ0v) is 59.7. The van der Waals surface area contributed by atoms with Crippen LogP contribution in [0.5, 0.6) is 0 Å². The third-order valence-corrected chi connectivity index (χ3v) is 18.1. The Morgan fingerprint density at radius 1 is 0.435 bits per heavy atom. The van der Waals surface area contributed by atoms with Crippen LogP contribution in [0.25, 0.3) is 0 Å². The van der Waals surface area contributed by atoms with Gasteiger partial charge in [-0.25, -0.2) is 0 Å². The fraction of sp³-hybridized carbons (Fsp3) is 0.802. The van der Waals surface area contributed by atoms with Gasteiger partial charge in [-0.1, -0.05) is 356 Å². The monoisotopic (exact) mass is 1290 g/mol. The highest BCUT2D eigenvalue weighted by Gasteiger charge is 2.47. The number of unbranched alkanes of at least 4 members (excludes halogenated alkanes) is 41. The summed E-state index contributed by atoms with van der Waals surface area (Å²) in [6.45, 7) is 5.72. The Kier molecular flexibility index (Phi) is 64.0. The van der Waals surface area contributed by atoms with Gasteiger partial charge in [0.1, 0.15) is 24.4 Å². The Hall–Kier alpha value is -3.16. The van der Waals surface area contributed by atoms with E-state index in [2.05, 4.69) is 99.0 Å². The van der Waals surface area contributed by atoms with Gasteiger partial charge in [-0.2, -0.15) is 0 Å². The topological polar surface area (TPSA) is 175 Å². The summed E-state index contributed by atoms with van der Waals surface area (Å²) in [5.41, 5.74) is 0. The molecule has 0 radical (unpaired) electrons. The van der Waals surface area contributed by atoms with Gasteiger partial charge in [-0.3, -0.25) is 9.59 Å². The molecule has 1 aliphatic rings. The second-order valence-electron chi connectivity index (χ2n) is 26.7. The van der Waals surface area contributed by atoms with Gasteiger partial charge in [-0.05, 0) is 77.0 Å². The van der Waals surface area contributed by atoms with E-state index in [0.717, 1.165) is 116 Å². The number of aliphatic hydroxyl groups is 5. The summed E-state index contributed by atoms with van der Waals surface area (Å²) in [5, 5.41) is 57.4. The number of carbonyl (C=O) groups excluding carboxylic acids is 2. The first kappa shape index (κ1) is 86.9. The minimum Gasteiger partial charge on any atom is -0.454 e. The van der Waals surface area contributed by atoms with Gasteiger partial charge in [0.15, 0.2) is 12.4 Å². The molecule has 534 valence electrons. The predicted molar refractivity (Wildman–Crippen MR) is 389 cm³/mol. The van der Waals surface area contributed by atoms with Crippen molar-refractivity contribution in [3.8, 4) is 0 Å². The van der Waals surface area contributed by atoms with Gasteiger partial charge in [0.2, 0.25) is 5.91 Å². The molecule has 11 nitrogen and oxygen atoms in total. The number of amides is 1. The number of hydrogen-bond acceptors (Lipinski definition) is 10. The van der Waals surface area contributed by atoms with Crippen LogP contribution < -0.4 is 5.32 Å². The zero-order chi connectivity index (χ0) is 66.7. The maximum Gasteiger partial charge on any atom is 0.306 e. The molecule has 8 atom stereocenters. The van der Waals surface area contributed by atoms with E-state index < -0.39 is 67.4 Å².